The Morgan fingerprint density at radius 2 is 1.75 bits per heavy atom. The number of carbonyl (C=O) groups excluding carboxylic acids is 1. The molecule has 1 fully saturated rings. The maximum Gasteiger partial charge on any atom is 0.221 e. The van der Waals surface area contributed by atoms with Crippen molar-refractivity contribution in [2.45, 2.75) is 37.2 Å². The highest BCUT2D eigenvalue weighted by atomic mass is 32.2. The number of aliphatic hydroxyl groups is 1. The molecule has 1 amide bonds. The van der Waals surface area contributed by atoms with Crippen LogP contribution in [-0.2, 0) is 14.6 Å². The van der Waals surface area contributed by atoms with Gasteiger partial charge >= 0.3 is 0 Å². The van der Waals surface area contributed by atoms with Crippen LogP contribution in [0.1, 0.15) is 37.9 Å². The Labute approximate surface area is 191 Å². The van der Waals surface area contributed by atoms with Crippen LogP contribution < -0.4 is 10.2 Å². The molecule has 1 saturated heterocycles. The molecule has 8 heteroatoms. The first-order valence-electron chi connectivity index (χ1n) is 11.1. The van der Waals surface area contributed by atoms with E-state index >= 15 is 0 Å². The molecular formula is C24H33N3O4S. The highest BCUT2D eigenvalue weighted by Crippen LogP contribution is 2.28. The van der Waals surface area contributed by atoms with Crippen molar-refractivity contribution in [2.75, 3.05) is 49.2 Å². The van der Waals surface area contributed by atoms with Gasteiger partial charge in [-0.15, -0.1) is 0 Å². The van der Waals surface area contributed by atoms with Crippen LogP contribution in [0.4, 0.5) is 11.4 Å². The number of sulfone groups is 1. The molecular weight excluding hydrogens is 426 g/mol. The predicted molar refractivity (Wildman–Crippen MR) is 128 cm³/mol. The lowest BCUT2D eigenvalue weighted by Gasteiger charge is -2.36. The molecule has 2 aromatic rings. The minimum Gasteiger partial charge on any atom is -0.388 e. The molecule has 3 rings (SSSR count). The molecule has 1 aliphatic rings. The number of piperazine rings is 1. The van der Waals surface area contributed by atoms with Crippen LogP contribution in [0.2, 0.25) is 0 Å². The normalized spacial score (nSPS) is 16.0. The van der Waals surface area contributed by atoms with Gasteiger partial charge in [0, 0.05) is 45.0 Å². The molecule has 0 bridgehead atoms. The van der Waals surface area contributed by atoms with E-state index < -0.39 is 15.9 Å². The van der Waals surface area contributed by atoms with Gasteiger partial charge in [-0.1, -0.05) is 24.3 Å². The summed E-state index contributed by atoms with van der Waals surface area (Å²) in [5.74, 6) is -0.353. The Balaban J connectivity index is 1.46. The first-order valence-corrected chi connectivity index (χ1v) is 12.9. The number of hydrogen-bond acceptors (Lipinski definition) is 6. The second-order valence-corrected chi connectivity index (χ2v) is 10.4. The number of nitrogens with zero attached hydrogens (tertiary/aromatic N) is 2. The molecule has 2 N–H and O–H groups in total. The van der Waals surface area contributed by atoms with Crippen molar-refractivity contribution in [1.82, 2.24) is 4.90 Å². The summed E-state index contributed by atoms with van der Waals surface area (Å²) in [6.07, 6.45) is 2.84. The minimum atomic E-state index is -3.48. The summed E-state index contributed by atoms with van der Waals surface area (Å²) in [5.41, 5.74) is 2.10. The lowest BCUT2D eigenvalue weighted by molar-refractivity contribution is -0.114. The SMILES string of the molecule is CC(=O)Nc1cc(C(O)CCCCN2CCN(c3ccccc3)CC2)ccc1S(C)(=O)=O. The van der Waals surface area contributed by atoms with Crippen LogP contribution in [0.15, 0.2) is 53.4 Å². The molecule has 174 valence electrons. The van der Waals surface area contributed by atoms with Gasteiger partial charge < -0.3 is 15.3 Å². The zero-order chi connectivity index (χ0) is 23.1. The van der Waals surface area contributed by atoms with Gasteiger partial charge in [-0.25, -0.2) is 8.42 Å². The van der Waals surface area contributed by atoms with E-state index in [2.05, 4.69) is 39.4 Å². The van der Waals surface area contributed by atoms with Crippen LogP contribution in [0.3, 0.4) is 0 Å². The lowest BCUT2D eigenvalue weighted by Crippen LogP contribution is -2.46. The van der Waals surface area contributed by atoms with E-state index in [-0.39, 0.29) is 16.5 Å². The topological polar surface area (TPSA) is 89.9 Å². The first-order chi connectivity index (χ1) is 15.2. The van der Waals surface area contributed by atoms with Crippen LogP contribution in [0.5, 0.6) is 0 Å². The second-order valence-electron chi connectivity index (χ2n) is 8.38. The third-order valence-corrected chi connectivity index (χ3v) is 6.95. The summed E-state index contributed by atoms with van der Waals surface area (Å²) < 4.78 is 23.9. The number of para-hydroxylation sites is 1. The van der Waals surface area contributed by atoms with E-state index in [0.29, 0.717) is 12.0 Å². The quantitative estimate of drug-likeness (QED) is 0.560. The molecule has 32 heavy (non-hydrogen) atoms. The molecule has 0 spiro atoms. The van der Waals surface area contributed by atoms with E-state index in [1.807, 2.05) is 6.07 Å². The van der Waals surface area contributed by atoms with Gasteiger partial charge in [0.2, 0.25) is 5.91 Å². The van der Waals surface area contributed by atoms with Gasteiger partial charge in [-0.2, -0.15) is 0 Å². The number of benzene rings is 2. The smallest absolute Gasteiger partial charge is 0.221 e. The van der Waals surface area contributed by atoms with E-state index in [1.165, 1.54) is 18.7 Å². The fourth-order valence-corrected chi connectivity index (χ4v) is 4.90. The predicted octanol–water partition coefficient (Wildman–Crippen LogP) is 3.07. The number of amides is 1. The first kappa shape index (κ1) is 24.2. The number of hydrogen-bond donors (Lipinski definition) is 2. The maximum atomic E-state index is 12.0. The Bertz CT molecular complexity index is 1000. The minimum absolute atomic E-state index is 0.0540. The van der Waals surface area contributed by atoms with Crippen LogP contribution in [-0.4, -0.2) is 63.3 Å². The van der Waals surface area contributed by atoms with Crippen LogP contribution in [0.25, 0.3) is 0 Å². The van der Waals surface area contributed by atoms with Gasteiger partial charge in [-0.3, -0.25) is 9.69 Å². The summed E-state index contributed by atoms with van der Waals surface area (Å²) in [6, 6.07) is 15.1. The summed E-state index contributed by atoms with van der Waals surface area (Å²) in [5, 5.41) is 13.1. The Hall–Kier alpha value is -2.42. The maximum absolute atomic E-state index is 12.0. The second kappa shape index (κ2) is 10.9. The largest absolute Gasteiger partial charge is 0.388 e. The standard InChI is InChI=1S/C24H33N3O4S/c1-19(28)25-22-18-20(11-12-24(22)32(2,30)31)23(29)10-6-7-13-26-14-16-27(17-15-26)21-8-4-3-5-9-21/h3-5,8-9,11-12,18,23,29H,6-7,10,13-17H2,1-2H3,(H,25,28). The van der Waals surface area contributed by atoms with E-state index in [9.17, 15) is 18.3 Å². The molecule has 1 aliphatic heterocycles. The third-order valence-electron chi connectivity index (χ3n) is 5.79. The average Bonchev–Trinajstić information content (AvgIpc) is 2.76. The van der Waals surface area contributed by atoms with E-state index in [4.69, 9.17) is 0 Å². The highest BCUT2D eigenvalue weighted by Gasteiger charge is 2.19. The van der Waals surface area contributed by atoms with Crippen molar-refractivity contribution in [3.05, 3.63) is 54.1 Å². The fraction of sp³-hybridized carbons (Fsp3) is 0.458. The highest BCUT2D eigenvalue weighted by molar-refractivity contribution is 7.90. The van der Waals surface area contributed by atoms with Gasteiger partial charge in [0.25, 0.3) is 0 Å². The molecule has 0 radical (unpaired) electrons. The zero-order valence-electron chi connectivity index (χ0n) is 18.8. The molecule has 1 unspecified atom stereocenters. The molecule has 0 aliphatic carbocycles. The number of nitrogens with one attached hydrogen (secondary N) is 1. The fourth-order valence-electron chi connectivity index (χ4n) is 4.07. The molecule has 0 saturated carbocycles. The zero-order valence-corrected chi connectivity index (χ0v) is 19.6. The molecule has 1 heterocycles. The van der Waals surface area contributed by atoms with Crippen molar-refractivity contribution in [3.8, 4) is 0 Å². The third kappa shape index (κ3) is 6.79. The molecule has 7 nitrogen and oxygen atoms in total. The van der Waals surface area contributed by atoms with E-state index in [0.717, 1.165) is 51.8 Å². The van der Waals surface area contributed by atoms with Gasteiger partial charge in [0.15, 0.2) is 9.84 Å². The number of anilines is 2. The Kier molecular flexibility index (Phi) is 8.28. The van der Waals surface area contributed by atoms with Crippen molar-refractivity contribution in [2.24, 2.45) is 0 Å². The molecule has 2 aromatic carbocycles. The van der Waals surface area contributed by atoms with Crippen molar-refractivity contribution < 1.29 is 18.3 Å². The molecule has 1 atom stereocenters. The summed E-state index contributed by atoms with van der Waals surface area (Å²) in [6.45, 7) is 6.43. The number of rotatable bonds is 9. The van der Waals surface area contributed by atoms with E-state index in [1.54, 1.807) is 12.1 Å². The number of carbonyl (C=O) groups is 1. The van der Waals surface area contributed by atoms with Gasteiger partial charge in [-0.05, 0) is 55.6 Å². The summed E-state index contributed by atoms with van der Waals surface area (Å²) in [4.78, 5) is 16.4. The lowest BCUT2D eigenvalue weighted by atomic mass is 10.0. The average molecular weight is 460 g/mol. The van der Waals surface area contributed by atoms with Crippen LogP contribution >= 0.6 is 0 Å². The monoisotopic (exact) mass is 459 g/mol. The van der Waals surface area contributed by atoms with Gasteiger partial charge in [0.05, 0.1) is 16.7 Å². The van der Waals surface area contributed by atoms with Crippen molar-refractivity contribution >= 4 is 27.1 Å². The van der Waals surface area contributed by atoms with Crippen molar-refractivity contribution in [1.29, 1.82) is 0 Å². The Morgan fingerprint density at radius 3 is 2.38 bits per heavy atom. The summed E-state index contributed by atoms with van der Waals surface area (Å²) in [7, 11) is -3.48. The number of aliphatic hydroxyl groups excluding tert-OH is 1. The van der Waals surface area contributed by atoms with Crippen molar-refractivity contribution in [3.63, 3.8) is 0 Å². The number of unbranched alkanes of at least 4 members (excludes halogenated alkanes) is 1. The summed E-state index contributed by atoms with van der Waals surface area (Å²) >= 11 is 0. The van der Waals surface area contributed by atoms with Crippen LogP contribution in [0, 0.1) is 0 Å². The Morgan fingerprint density at radius 1 is 1.06 bits per heavy atom. The molecule has 0 aromatic heterocycles. The van der Waals surface area contributed by atoms with Gasteiger partial charge in [0.1, 0.15) is 0 Å².